The standard InChI is InChI=1S/C12H15F3N4/c1-2-3-4-10-17-7-9(18-10)11-16-5-6-19(11)8-12(13,14)15/h5-7H,2-4,8H2,1H3,(H,17,18). The first-order valence-electron chi connectivity index (χ1n) is 6.11. The molecule has 7 heteroatoms. The lowest BCUT2D eigenvalue weighted by molar-refractivity contribution is -0.140. The molecule has 2 rings (SSSR count). The minimum Gasteiger partial charge on any atom is -0.339 e. The van der Waals surface area contributed by atoms with E-state index in [1.807, 2.05) is 0 Å². The molecule has 0 atom stereocenters. The molecule has 0 fully saturated rings. The summed E-state index contributed by atoms with van der Waals surface area (Å²) in [7, 11) is 0. The van der Waals surface area contributed by atoms with E-state index in [9.17, 15) is 13.2 Å². The van der Waals surface area contributed by atoms with Crippen molar-refractivity contribution in [1.29, 1.82) is 0 Å². The van der Waals surface area contributed by atoms with Crippen molar-refractivity contribution in [3.63, 3.8) is 0 Å². The van der Waals surface area contributed by atoms with Crippen molar-refractivity contribution < 1.29 is 13.2 Å². The van der Waals surface area contributed by atoms with Crippen molar-refractivity contribution in [3.8, 4) is 11.5 Å². The van der Waals surface area contributed by atoms with Crippen LogP contribution >= 0.6 is 0 Å². The highest BCUT2D eigenvalue weighted by molar-refractivity contribution is 5.48. The number of nitrogens with one attached hydrogen (secondary N) is 1. The molecular formula is C12H15F3N4. The molecule has 4 nitrogen and oxygen atoms in total. The fourth-order valence-corrected chi connectivity index (χ4v) is 1.82. The van der Waals surface area contributed by atoms with Gasteiger partial charge in [0.25, 0.3) is 0 Å². The Morgan fingerprint density at radius 2 is 2.11 bits per heavy atom. The number of H-pyrrole nitrogens is 1. The fourth-order valence-electron chi connectivity index (χ4n) is 1.82. The van der Waals surface area contributed by atoms with Crippen molar-refractivity contribution in [2.24, 2.45) is 0 Å². The van der Waals surface area contributed by atoms with Gasteiger partial charge in [0, 0.05) is 18.8 Å². The van der Waals surface area contributed by atoms with Gasteiger partial charge in [-0.25, -0.2) is 9.97 Å². The maximum Gasteiger partial charge on any atom is 0.406 e. The molecule has 2 aromatic rings. The summed E-state index contributed by atoms with van der Waals surface area (Å²) in [6, 6.07) is 0. The van der Waals surface area contributed by atoms with Gasteiger partial charge in [-0.15, -0.1) is 0 Å². The third-order valence-corrected chi connectivity index (χ3v) is 2.70. The van der Waals surface area contributed by atoms with Crippen molar-refractivity contribution in [3.05, 3.63) is 24.4 Å². The average molecular weight is 272 g/mol. The summed E-state index contributed by atoms with van der Waals surface area (Å²) < 4.78 is 38.3. The lowest BCUT2D eigenvalue weighted by Crippen LogP contribution is -2.17. The van der Waals surface area contributed by atoms with Crippen LogP contribution in [0.1, 0.15) is 25.6 Å². The predicted molar refractivity (Wildman–Crippen MR) is 64.5 cm³/mol. The maximum absolute atomic E-state index is 12.4. The van der Waals surface area contributed by atoms with Crippen LogP contribution in [0, 0.1) is 0 Å². The Bertz CT molecular complexity index is 527. The zero-order valence-electron chi connectivity index (χ0n) is 10.5. The highest BCUT2D eigenvalue weighted by Crippen LogP contribution is 2.22. The van der Waals surface area contributed by atoms with Crippen LogP contribution < -0.4 is 0 Å². The number of aromatic nitrogens is 4. The van der Waals surface area contributed by atoms with Crippen LogP contribution in [0.25, 0.3) is 11.5 Å². The smallest absolute Gasteiger partial charge is 0.339 e. The zero-order valence-corrected chi connectivity index (χ0v) is 10.5. The van der Waals surface area contributed by atoms with Crippen LogP contribution in [-0.4, -0.2) is 25.7 Å². The van der Waals surface area contributed by atoms with E-state index >= 15 is 0 Å². The number of nitrogens with zero attached hydrogens (tertiary/aromatic N) is 3. The number of unbranched alkanes of at least 4 members (excludes halogenated alkanes) is 1. The van der Waals surface area contributed by atoms with Gasteiger partial charge in [-0.3, -0.25) is 0 Å². The molecule has 0 aromatic carbocycles. The zero-order chi connectivity index (χ0) is 13.9. The second kappa shape index (κ2) is 5.46. The molecule has 0 aliphatic carbocycles. The molecule has 0 aliphatic rings. The first-order valence-corrected chi connectivity index (χ1v) is 6.11. The monoisotopic (exact) mass is 272 g/mol. The van der Waals surface area contributed by atoms with Gasteiger partial charge in [0.15, 0.2) is 5.82 Å². The summed E-state index contributed by atoms with van der Waals surface area (Å²) in [4.78, 5) is 11.1. The van der Waals surface area contributed by atoms with Crippen LogP contribution in [-0.2, 0) is 13.0 Å². The van der Waals surface area contributed by atoms with Crippen LogP contribution in [0.15, 0.2) is 18.6 Å². The summed E-state index contributed by atoms with van der Waals surface area (Å²) in [5.74, 6) is 1.03. The molecule has 0 saturated carbocycles. The molecule has 104 valence electrons. The minimum absolute atomic E-state index is 0.257. The van der Waals surface area contributed by atoms with Gasteiger partial charge < -0.3 is 9.55 Å². The molecule has 0 amide bonds. The molecule has 0 aliphatic heterocycles. The molecule has 0 unspecified atom stereocenters. The van der Waals surface area contributed by atoms with Crippen molar-refractivity contribution in [2.75, 3.05) is 0 Å². The molecule has 0 radical (unpaired) electrons. The Morgan fingerprint density at radius 3 is 2.79 bits per heavy atom. The second-order valence-electron chi connectivity index (χ2n) is 4.34. The number of hydrogen-bond donors (Lipinski definition) is 1. The molecular weight excluding hydrogens is 257 g/mol. The van der Waals surface area contributed by atoms with E-state index in [0.717, 1.165) is 29.7 Å². The summed E-state index contributed by atoms with van der Waals surface area (Å²) >= 11 is 0. The SMILES string of the molecule is CCCCc1ncc(-c2nccn2CC(F)(F)F)[nH]1. The Morgan fingerprint density at radius 1 is 1.32 bits per heavy atom. The van der Waals surface area contributed by atoms with Crippen LogP contribution in [0.5, 0.6) is 0 Å². The number of aromatic amines is 1. The molecule has 19 heavy (non-hydrogen) atoms. The first kappa shape index (κ1) is 13.6. The molecule has 0 bridgehead atoms. The number of alkyl halides is 3. The largest absolute Gasteiger partial charge is 0.406 e. The maximum atomic E-state index is 12.4. The van der Waals surface area contributed by atoms with E-state index in [4.69, 9.17) is 0 Å². The number of aryl methyl sites for hydroxylation is 1. The minimum atomic E-state index is -4.26. The topological polar surface area (TPSA) is 46.5 Å². The number of hydrogen-bond acceptors (Lipinski definition) is 2. The molecule has 0 spiro atoms. The Kier molecular flexibility index (Phi) is 3.92. The Labute approximate surface area is 108 Å². The van der Waals surface area contributed by atoms with Gasteiger partial charge in [0.05, 0.1) is 6.20 Å². The third-order valence-electron chi connectivity index (χ3n) is 2.70. The molecule has 1 N–H and O–H groups in total. The number of imidazole rings is 2. The molecule has 0 saturated heterocycles. The lowest BCUT2D eigenvalue weighted by atomic mass is 10.2. The van der Waals surface area contributed by atoms with Gasteiger partial charge in [-0.2, -0.15) is 13.2 Å². The third kappa shape index (κ3) is 3.59. The van der Waals surface area contributed by atoms with E-state index in [1.165, 1.54) is 18.6 Å². The van der Waals surface area contributed by atoms with Gasteiger partial charge >= 0.3 is 6.18 Å². The summed E-state index contributed by atoms with van der Waals surface area (Å²) in [5, 5.41) is 0. The van der Waals surface area contributed by atoms with E-state index in [-0.39, 0.29) is 5.82 Å². The summed E-state index contributed by atoms with van der Waals surface area (Å²) in [5.41, 5.74) is 0.514. The van der Waals surface area contributed by atoms with Crippen molar-refractivity contribution in [1.82, 2.24) is 19.5 Å². The van der Waals surface area contributed by atoms with Crippen LogP contribution in [0.3, 0.4) is 0 Å². The lowest BCUT2D eigenvalue weighted by Gasteiger charge is -2.09. The van der Waals surface area contributed by atoms with E-state index in [2.05, 4.69) is 21.9 Å². The quantitative estimate of drug-likeness (QED) is 0.908. The van der Waals surface area contributed by atoms with Gasteiger partial charge in [0.1, 0.15) is 18.1 Å². The Hall–Kier alpha value is -1.79. The van der Waals surface area contributed by atoms with Crippen LogP contribution in [0.4, 0.5) is 13.2 Å². The van der Waals surface area contributed by atoms with Gasteiger partial charge in [-0.1, -0.05) is 13.3 Å². The number of halogens is 3. The Balaban J connectivity index is 2.18. The van der Waals surface area contributed by atoms with Crippen molar-refractivity contribution in [2.45, 2.75) is 38.9 Å². The predicted octanol–water partition coefficient (Wildman–Crippen LogP) is 3.18. The average Bonchev–Trinajstić information content (AvgIpc) is 2.92. The van der Waals surface area contributed by atoms with E-state index in [0.29, 0.717) is 5.69 Å². The van der Waals surface area contributed by atoms with Crippen LogP contribution in [0.2, 0.25) is 0 Å². The van der Waals surface area contributed by atoms with E-state index < -0.39 is 12.7 Å². The molecule has 2 aromatic heterocycles. The normalized spacial score (nSPS) is 12.0. The van der Waals surface area contributed by atoms with Gasteiger partial charge in [0.2, 0.25) is 0 Å². The van der Waals surface area contributed by atoms with E-state index in [1.54, 1.807) is 0 Å². The number of rotatable bonds is 5. The summed E-state index contributed by atoms with van der Waals surface area (Å²) in [6.07, 6.45) is 2.75. The van der Waals surface area contributed by atoms with Crippen molar-refractivity contribution >= 4 is 0 Å². The summed E-state index contributed by atoms with van der Waals surface area (Å²) in [6.45, 7) is 1.02. The first-order chi connectivity index (χ1) is 8.99. The second-order valence-corrected chi connectivity index (χ2v) is 4.34. The highest BCUT2D eigenvalue weighted by atomic mass is 19.4. The fraction of sp³-hybridized carbons (Fsp3) is 0.500. The van der Waals surface area contributed by atoms with Gasteiger partial charge in [-0.05, 0) is 6.42 Å². The molecule has 2 heterocycles. The highest BCUT2D eigenvalue weighted by Gasteiger charge is 2.29.